The molecule has 7 heteroatoms. The highest BCUT2D eigenvalue weighted by molar-refractivity contribution is 7.80. The summed E-state index contributed by atoms with van der Waals surface area (Å²) in [6, 6.07) is 1.82. The highest BCUT2D eigenvalue weighted by Crippen LogP contribution is 2.31. The lowest BCUT2D eigenvalue weighted by Crippen LogP contribution is -2.18. The molecule has 0 saturated heterocycles. The van der Waals surface area contributed by atoms with Crippen molar-refractivity contribution in [2.75, 3.05) is 5.73 Å². The van der Waals surface area contributed by atoms with Crippen LogP contribution in [0.25, 0.3) is 0 Å². The lowest BCUT2D eigenvalue weighted by atomic mass is 10.3. The molecule has 0 bridgehead atoms. The first-order valence-electron chi connectivity index (χ1n) is 3.33. The molecule has 0 saturated carbocycles. The van der Waals surface area contributed by atoms with Crippen molar-refractivity contribution in [3.05, 3.63) is 17.9 Å². The number of nitrogen functional groups attached to an aromatic ring is 1. The third-order valence-electron chi connectivity index (χ3n) is 1.27. The van der Waals surface area contributed by atoms with Crippen LogP contribution in [0.4, 0.5) is 23.2 Å². The van der Waals surface area contributed by atoms with Crippen LogP contribution in [0.3, 0.4) is 0 Å². The Labute approximate surface area is 82.1 Å². The quantitative estimate of drug-likeness (QED) is 0.439. The maximum absolute atomic E-state index is 13.0. The van der Waals surface area contributed by atoms with Gasteiger partial charge in [-0.15, -0.1) is 25.8 Å². The molecule has 0 aromatic heterocycles. The van der Waals surface area contributed by atoms with Crippen LogP contribution < -0.4 is 10.5 Å². The molecule has 0 atom stereocenters. The van der Waals surface area contributed by atoms with E-state index in [2.05, 4.69) is 17.4 Å². The molecular weight excluding hydrogens is 222 g/mol. The summed E-state index contributed by atoms with van der Waals surface area (Å²) in [5.41, 5.74) is 5.12. The molecular formula is C7H5F4NOS. The Morgan fingerprint density at radius 3 is 2.36 bits per heavy atom. The maximum Gasteiger partial charge on any atom is 0.573 e. The van der Waals surface area contributed by atoms with Crippen LogP contribution in [0.2, 0.25) is 0 Å². The molecule has 1 aromatic rings. The maximum atomic E-state index is 13.0. The molecule has 0 amide bonds. The lowest BCUT2D eigenvalue weighted by molar-refractivity contribution is -0.275. The largest absolute Gasteiger partial charge is 0.573 e. The van der Waals surface area contributed by atoms with Crippen LogP contribution in [0, 0.1) is 5.82 Å². The van der Waals surface area contributed by atoms with E-state index in [-0.39, 0.29) is 10.6 Å². The van der Waals surface area contributed by atoms with Gasteiger partial charge in [0.05, 0.1) is 0 Å². The minimum absolute atomic E-state index is 0.0596. The number of hydrogen-bond donors (Lipinski definition) is 2. The molecule has 2 nitrogen and oxygen atoms in total. The van der Waals surface area contributed by atoms with Crippen molar-refractivity contribution in [2.45, 2.75) is 11.3 Å². The third-order valence-corrected chi connectivity index (χ3v) is 1.59. The zero-order valence-corrected chi connectivity index (χ0v) is 7.49. The first-order chi connectivity index (χ1) is 6.29. The highest BCUT2D eigenvalue weighted by atomic mass is 32.1. The summed E-state index contributed by atoms with van der Waals surface area (Å²) < 4.78 is 51.5. The molecule has 0 aliphatic carbocycles. The average molecular weight is 227 g/mol. The highest BCUT2D eigenvalue weighted by Gasteiger charge is 2.32. The Bertz CT molecular complexity index is 352. The number of hydrogen-bond acceptors (Lipinski definition) is 3. The normalized spacial score (nSPS) is 11.5. The zero-order valence-electron chi connectivity index (χ0n) is 6.60. The van der Waals surface area contributed by atoms with Gasteiger partial charge in [-0.25, -0.2) is 4.39 Å². The van der Waals surface area contributed by atoms with Crippen molar-refractivity contribution >= 4 is 18.3 Å². The van der Waals surface area contributed by atoms with Crippen molar-refractivity contribution in [1.29, 1.82) is 0 Å². The predicted molar refractivity (Wildman–Crippen MR) is 44.7 cm³/mol. The smallest absolute Gasteiger partial charge is 0.403 e. The van der Waals surface area contributed by atoms with Gasteiger partial charge < -0.3 is 10.5 Å². The number of halogens is 4. The number of alkyl halides is 3. The van der Waals surface area contributed by atoms with E-state index in [1.165, 1.54) is 0 Å². The fourth-order valence-electron chi connectivity index (χ4n) is 0.803. The van der Waals surface area contributed by atoms with E-state index in [1.807, 2.05) is 0 Å². The first kappa shape index (κ1) is 11.0. The monoisotopic (exact) mass is 227 g/mol. The predicted octanol–water partition coefficient (Wildman–Crippen LogP) is 2.60. The van der Waals surface area contributed by atoms with Gasteiger partial charge in [0.25, 0.3) is 0 Å². The van der Waals surface area contributed by atoms with E-state index in [9.17, 15) is 17.6 Å². The van der Waals surface area contributed by atoms with Gasteiger partial charge in [0, 0.05) is 16.6 Å². The zero-order chi connectivity index (χ0) is 10.9. The second kappa shape index (κ2) is 3.56. The standard InChI is InChI=1S/C7H5F4NOS/c8-6-4(13-7(9,10)11)1-3(12)2-5(6)14/h1-2,14H,12H2. The number of ether oxygens (including phenoxy) is 1. The van der Waals surface area contributed by atoms with Gasteiger partial charge in [-0.2, -0.15) is 0 Å². The third kappa shape index (κ3) is 2.69. The summed E-state index contributed by atoms with van der Waals surface area (Å²) in [5, 5.41) is 0. The molecule has 1 aromatic carbocycles. The van der Waals surface area contributed by atoms with Crippen molar-refractivity contribution in [3.8, 4) is 5.75 Å². The molecule has 78 valence electrons. The van der Waals surface area contributed by atoms with Gasteiger partial charge in [-0.1, -0.05) is 0 Å². The van der Waals surface area contributed by atoms with Crippen molar-refractivity contribution in [1.82, 2.24) is 0 Å². The molecule has 0 aliphatic rings. The fraction of sp³-hybridized carbons (Fsp3) is 0.143. The van der Waals surface area contributed by atoms with E-state index < -0.39 is 17.9 Å². The Morgan fingerprint density at radius 2 is 1.86 bits per heavy atom. The lowest BCUT2D eigenvalue weighted by Gasteiger charge is -2.11. The number of rotatable bonds is 1. The average Bonchev–Trinajstić information content (AvgIpc) is 1.96. The van der Waals surface area contributed by atoms with Gasteiger partial charge in [-0.3, -0.25) is 0 Å². The Morgan fingerprint density at radius 1 is 1.29 bits per heavy atom. The van der Waals surface area contributed by atoms with Gasteiger partial charge in [0.1, 0.15) is 0 Å². The Hall–Kier alpha value is -1.11. The second-order valence-electron chi connectivity index (χ2n) is 2.40. The molecule has 0 radical (unpaired) electrons. The Kier molecular flexibility index (Phi) is 2.79. The molecule has 2 N–H and O–H groups in total. The van der Waals surface area contributed by atoms with Crippen LogP contribution in [-0.2, 0) is 0 Å². The molecule has 1 rings (SSSR count). The fourth-order valence-corrected chi connectivity index (χ4v) is 1.06. The molecule has 0 unspecified atom stereocenters. The summed E-state index contributed by atoms with van der Waals surface area (Å²) >= 11 is 3.58. The van der Waals surface area contributed by atoms with Crippen LogP contribution in [0.1, 0.15) is 0 Å². The number of anilines is 1. The number of benzene rings is 1. The number of nitrogens with two attached hydrogens (primary N) is 1. The van der Waals surface area contributed by atoms with Crippen LogP contribution in [0.15, 0.2) is 17.0 Å². The Balaban J connectivity index is 3.09. The van der Waals surface area contributed by atoms with Gasteiger partial charge in [0.2, 0.25) is 0 Å². The molecule has 0 heterocycles. The van der Waals surface area contributed by atoms with Crippen molar-refractivity contribution in [3.63, 3.8) is 0 Å². The second-order valence-corrected chi connectivity index (χ2v) is 2.88. The van der Waals surface area contributed by atoms with E-state index in [4.69, 9.17) is 5.73 Å². The van der Waals surface area contributed by atoms with Crippen LogP contribution in [-0.4, -0.2) is 6.36 Å². The van der Waals surface area contributed by atoms with Gasteiger partial charge in [0.15, 0.2) is 11.6 Å². The SMILES string of the molecule is Nc1cc(S)c(F)c(OC(F)(F)F)c1. The van der Waals surface area contributed by atoms with E-state index >= 15 is 0 Å². The summed E-state index contributed by atoms with van der Waals surface area (Å²) in [7, 11) is 0. The molecule has 0 aliphatic heterocycles. The summed E-state index contributed by atoms with van der Waals surface area (Å²) in [6.45, 7) is 0. The number of thiol groups is 1. The topological polar surface area (TPSA) is 35.2 Å². The summed E-state index contributed by atoms with van der Waals surface area (Å²) in [6.07, 6.45) is -4.95. The summed E-state index contributed by atoms with van der Waals surface area (Å²) in [4.78, 5) is -0.302. The van der Waals surface area contributed by atoms with Crippen LogP contribution >= 0.6 is 12.6 Å². The van der Waals surface area contributed by atoms with Crippen molar-refractivity contribution in [2.24, 2.45) is 0 Å². The van der Waals surface area contributed by atoms with Gasteiger partial charge >= 0.3 is 6.36 Å². The first-order valence-corrected chi connectivity index (χ1v) is 3.78. The summed E-state index contributed by atoms with van der Waals surface area (Å²) in [5.74, 6) is -2.18. The van der Waals surface area contributed by atoms with Crippen LogP contribution in [0.5, 0.6) is 5.75 Å². The van der Waals surface area contributed by atoms with Crippen molar-refractivity contribution < 1.29 is 22.3 Å². The minimum Gasteiger partial charge on any atom is -0.403 e. The van der Waals surface area contributed by atoms with E-state index in [0.717, 1.165) is 12.1 Å². The van der Waals surface area contributed by atoms with E-state index in [0.29, 0.717) is 0 Å². The minimum atomic E-state index is -4.95. The van der Waals surface area contributed by atoms with Gasteiger partial charge in [-0.05, 0) is 6.07 Å². The van der Waals surface area contributed by atoms with E-state index in [1.54, 1.807) is 0 Å². The molecule has 14 heavy (non-hydrogen) atoms. The molecule has 0 fully saturated rings. The molecule has 0 spiro atoms.